The van der Waals surface area contributed by atoms with Crippen molar-refractivity contribution in [1.29, 1.82) is 0 Å². The molecule has 0 atom stereocenters. The van der Waals surface area contributed by atoms with E-state index in [2.05, 4.69) is 5.32 Å². The number of nitrogens with one attached hydrogen (secondary N) is 1. The number of rotatable bonds is 6. The first kappa shape index (κ1) is 14.2. The molecule has 0 saturated carbocycles. The topological polar surface area (TPSA) is 73.6 Å². The number of halogens is 1. The van der Waals surface area contributed by atoms with Crippen molar-refractivity contribution in [1.82, 2.24) is 0 Å². The number of ether oxygens (including phenoxy) is 2. The van der Waals surface area contributed by atoms with Gasteiger partial charge >= 0.3 is 5.97 Å². The summed E-state index contributed by atoms with van der Waals surface area (Å²) in [6.07, 6.45) is 0. The van der Waals surface area contributed by atoms with Crippen LogP contribution < -0.4 is 11.1 Å². The van der Waals surface area contributed by atoms with Crippen LogP contribution in [0.2, 0.25) is 0 Å². The molecule has 0 unspecified atom stereocenters. The molecule has 0 spiro atoms. The number of methoxy groups -OCH3 is 1. The van der Waals surface area contributed by atoms with Gasteiger partial charge in [-0.25, -0.2) is 9.18 Å². The van der Waals surface area contributed by atoms with Crippen molar-refractivity contribution in [3.8, 4) is 0 Å². The third kappa shape index (κ3) is 3.59. The number of benzene rings is 1. The zero-order valence-electron chi connectivity index (χ0n) is 10.5. The third-order valence-electron chi connectivity index (χ3n) is 2.26. The van der Waals surface area contributed by atoms with Gasteiger partial charge in [0.1, 0.15) is 5.82 Å². The molecule has 100 valence electrons. The first-order valence-corrected chi connectivity index (χ1v) is 5.59. The minimum atomic E-state index is -0.652. The van der Waals surface area contributed by atoms with Gasteiger partial charge in [0.15, 0.2) is 0 Å². The number of hydrogen-bond donors (Lipinski definition) is 2. The van der Waals surface area contributed by atoms with E-state index in [1.807, 2.05) is 0 Å². The van der Waals surface area contributed by atoms with Gasteiger partial charge in [0.05, 0.1) is 30.2 Å². The lowest BCUT2D eigenvalue weighted by atomic mass is 10.1. The summed E-state index contributed by atoms with van der Waals surface area (Å²) in [5, 5.41) is 2.89. The molecule has 18 heavy (non-hydrogen) atoms. The molecule has 0 heterocycles. The summed E-state index contributed by atoms with van der Waals surface area (Å²) >= 11 is 0. The molecule has 0 amide bonds. The van der Waals surface area contributed by atoms with Crippen LogP contribution in [0.4, 0.5) is 15.8 Å². The number of nitrogen functional groups attached to an aromatic ring is 1. The zero-order chi connectivity index (χ0) is 13.5. The Bertz CT molecular complexity index is 424. The second-order valence-electron chi connectivity index (χ2n) is 3.56. The molecule has 1 rings (SSSR count). The van der Waals surface area contributed by atoms with Gasteiger partial charge in [-0.05, 0) is 19.1 Å². The first-order chi connectivity index (χ1) is 8.60. The number of hydrogen-bond acceptors (Lipinski definition) is 5. The molecule has 0 bridgehead atoms. The largest absolute Gasteiger partial charge is 0.462 e. The highest BCUT2D eigenvalue weighted by Gasteiger charge is 2.13. The molecule has 1 aromatic carbocycles. The normalized spacial score (nSPS) is 10.2. The van der Waals surface area contributed by atoms with E-state index < -0.39 is 11.8 Å². The Kier molecular flexibility index (Phi) is 5.38. The number of esters is 1. The van der Waals surface area contributed by atoms with Crippen LogP contribution in [0.1, 0.15) is 17.3 Å². The summed E-state index contributed by atoms with van der Waals surface area (Å²) in [6.45, 7) is 2.83. The lowest BCUT2D eigenvalue weighted by molar-refractivity contribution is 0.0526. The van der Waals surface area contributed by atoms with E-state index in [0.717, 1.165) is 6.07 Å². The monoisotopic (exact) mass is 256 g/mol. The SMILES string of the molecule is CCOC(=O)c1cc(F)c(N)c(NCCOC)c1. The average Bonchev–Trinajstić information content (AvgIpc) is 2.34. The molecule has 6 heteroatoms. The number of anilines is 2. The lowest BCUT2D eigenvalue weighted by Crippen LogP contribution is -2.12. The number of carbonyl (C=O) groups is 1. The molecule has 0 saturated heterocycles. The fourth-order valence-corrected chi connectivity index (χ4v) is 1.38. The standard InChI is InChI=1S/C12H17FN2O3/c1-3-18-12(16)8-6-9(13)11(14)10(7-8)15-4-5-17-2/h6-7,15H,3-5,14H2,1-2H3. The minimum absolute atomic E-state index is 0.0286. The zero-order valence-corrected chi connectivity index (χ0v) is 10.5. The molecular formula is C12H17FN2O3. The van der Waals surface area contributed by atoms with Crippen molar-refractivity contribution in [2.45, 2.75) is 6.92 Å². The van der Waals surface area contributed by atoms with Crippen molar-refractivity contribution >= 4 is 17.3 Å². The highest BCUT2D eigenvalue weighted by Crippen LogP contribution is 2.24. The van der Waals surface area contributed by atoms with Gasteiger partial charge in [-0.2, -0.15) is 0 Å². The molecule has 0 radical (unpaired) electrons. The average molecular weight is 256 g/mol. The summed E-state index contributed by atoms with van der Waals surface area (Å²) in [5.41, 5.74) is 6.03. The Morgan fingerprint density at radius 3 is 2.83 bits per heavy atom. The quantitative estimate of drug-likeness (QED) is 0.460. The Morgan fingerprint density at radius 2 is 2.22 bits per heavy atom. The fourth-order valence-electron chi connectivity index (χ4n) is 1.38. The van der Waals surface area contributed by atoms with Crippen LogP contribution in [0.3, 0.4) is 0 Å². The molecule has 3 N–H and O–H groups in total. The minimum Gasteiger partial charge on any atom is -0.462 e. The van der Waals surface area contributed by atoms with Crippen LogP contribution in [0.25, 0.3) is 0 Å². The van der Waals surface area contributed by atoms with Crippen molar-refractivity contribution in [3.63, 3.8) is 0 Å². The van der Waals surface area contributed by atoms with Gasteiger partial charge in [-0.3, -0.25) is 0 Å². The van der Waals surface area contributed by atoms with Crippen LogP contribution in [0.15, 0.2) is 12.1 Å². The Morgan fingerprint density at radius 1 is 1.50 bits per heavy atom. The van der Waals surface area contributed by atoms with E-state index >= 15 is 0 Å². The number of nitrogens with two attached hydrogens (primary N) is 1. The van der Waals surface area contributed by atoms with Gasteiger partial charge in [-0.1, -0.05) is 0 Å². The summed E-state index contributed by atoms with van der Waals surface area (Å²) in [6, 6.07) is 2.53. The van der Waals surface area contributed by atoms with Crippen LogP contribution in [0, 0.1) is 5.82 Å². The molecule has 1 aromatic rings. The van der Waals surface area contributed by atoms with Gasteiger partial charge in [-0.15, -0.1) is 0 Å². The fraction of sp³-hybridized carbons (Fsp3) is 0.417. The number of carbonyl (C=O) groups excluding carboxylic acids is 1. The smallest absolute Gasteiger partial charge is 0.338 e. The van der Waals surface area contributed by atoms with E-state index in [4.69, 9.17) is 15.2 Å². The Hall–Kier alpha value is -1.82. The van der Waals surface area contributed by atoms with Crippen LogP contribution in [-0.2, 0) is 9.47 Å². The van der Waals surface area contributed by atoms with Crippen molar-refractivity contribution in [2.24, 2.45) is 0 Å². The summed E-state index contributed by atoms with van der Waals surface area (Å²) in [5.74, 6) is -1.23. The maximum Gasteiger partial charge on any atom is 0.338 e. The molecule has 0 aliphatic heterocycles. The lowest BCUT2D eigenvalue weighted by Gasteiger charge is -2.11. The molecule has 0 aromatic heterocycles. The van der Waals surface area contributed by atoms with Gasteiger partial charge in [0.2, 0.25) is 0 Å². The Balaban J connectivity index is 2.91. The predicted molar refractivity (Wildman–Crippen MR) is 67.1 cm³/mol. The van der Waals surface area contributed by atoms with Crippen LogP contribution >= 0.6 is 0 Å². The third-order valence-corrected chi connectivity index (χ3v) is 2.26. The highest BCUT2D eigenvalue weighted by molar-refractivity contribution is 5.92. The summed E-state index contributed by atoms with van der Waals surface area (Å²) in [7, 11) is 1.56. The van der Waals surface area contributed by atoms with Crippen LogP contribution in [0.5, 0.6) is 0 Å². The van der Waals surface area contributed by atoms with Crippen LogP contribution in [-0.4, -0.2) is 32.8 Å². The summed E-state index contributed by atoms with van der Waals surface area (Å²) in [4.78, 5) is 11.5. The molecule has 5 nitrogen and oxygen atoms in total. The van der Waals surface area contributed by atoms with E-state index in [1.165, 1.54) is 6.07 Å². The highest BCUT2D eigenvalue weighted by atomic mass is 19.1. The maximum absolute atomic E-state index is 13.5. The van der Waals surface area contributed by atoms with Crippen molar-refractivity contribution < 1.29 is 18.7 Å². The predicted octanol–water partition coefficient (Wildman–Crippen LogP) is 1.64. The van der Waals surface area contributed by atoms with E-state index in [-0.39, 0.29) is 17.9 Å². The molecule has 0 aliphatic rings. The molecule has 0 fully saturated rings. The summed E-state index contributed by atoms with van der Waals surface area (Å²) < 4.78 is 23.2. The van der Waals surface area contributed by atoms with E-state index in [9.17, 15) is 9.18 Å². The van der Waals surface area contributed by atoms with E-state index in [1.54, 1.807) is 14.0 Å². The van der Waals surface area contributed by atoms with E-state index in [0.29, 0.717) is 18.8 Å². The van der Waals surface area contributed by atoms with Gasteiger partial charge in [0.25, 0.3) is 0 Å². The van der Waals surface area contributed by atoms with Crippen molar-refractivity contribution in [2.75, 3.05) is 37.9 Å². The Labute approximate surface area is 105 Å². The second kappa shape index (κ2) is 6.80. The van der Waals surface area contributed by atoms with Gasteiger partial charge < -0.3 is 20.5 Å². The molecular weight excluding hydrogens is 239 g/mol. The first-order valence-electron chi connectivity index (χ1n) is 5.59. The maximum atomic E-state index is 13.5. The van der Waals surface area contributed by atoms with Gasteiger partial charge in [0, 0.05) is 13.7 Å². The second-order valence-corrected chi connectivity index (χ2v) is 3.56. The van der Waals surface area contributed by atoms with Crippen molar-refractivity contribution in [3.05, 3.63) is 23.5 Å². The molecule has 0 aliphatic carbocycles.